The third kappa shape index (κ3) is 5.06. The van der Waals surface area contributed by atoms with E-state index in [4.69, 9.17) is 9.98 Å². The van der Waals surface area contributed by atoms with Crippen molar-refractivity contribution < 1.29 is 0 Å². The molecule has 1 unspecified atom stereocenters. The molecule has 0 saturated carbocycles. The third-order valence-corrected chi connectivity index (χ3v) is 13.6. The van der Waals surface area contributed by atoms with Crippen molar-refractivity contribution in [2.45, 2.75) is 27.7 Å². The lowest BCUT2D eigenvalue weighted by molar-refractivity contribution is 0.722. The molecule has 2 nitrogen and oxygen atoms in total. The molecule has 0 N–H and O–H groups in total. The molecule has 0 fully saturated rings. The van der Waals surface area contributed by atoms with Crippen LogP contribution in [0, 0.1) is 0 Å². The Morgan fingerprint density at radius 2 is 0.983 bits per heavy atom. The van der Waals surface area contributed by atoms with Crippen LogP contribution in [0.1, 0.15) is 51.4 Å². The van der Waals surface area contributed by atoms with E-state index in [2.05, 4.69) is 200 Å². The van der Waals surface area contributed by atoms with Gasteiger partial charge in [-0.3, -0.25) is 4.99 Å². The van der Waals surface area contributed by atoms with Crippen molar-refractivity contribution in [3.63, 3.8) is 0 Å². The average Bonchev–Trinajstić information content (AvgIpc) is 3.59. The maximum Gasteiger partial charge on any atom is 0.155 e. The molecule has 3 heteroatoms. The summed E-state index contributed by atoms with van der Waals surface area (Å²) in [6, 6.07) is 73.5. The Morgan fingerprint density at radius 3 is 1.72 bits per heavy atom. The second-order valence-corrected chi connectivity index (χ2v) is 16.7. The number of nitrogens with zero attached hydrogens (tertiary/aromatic N) is 2. The molecule has 272 valence electrons. The predicted octanol–water partition coefficient (Wildman–Crippen LogP) is 13.9. The smallest absolute Gasteiger partial charge is 0.155 e. The van der Waals surface area contributed by atoms with Crippen LogP contribution in [0.15, 0.2) is 220 Å². The summed E-state index contributed by atoms with van der Waals surface area (Å²) < 4.78 is 0. The highest BCUT2D eigenvalue weighted by Crippen LogP contribution is 2.63. The highest BCUT2D eigenvalue weighted by atomic mass is 32.2. The SMILES string of the molecule is c1ccc2c(c1)Sc1ccccc1C21c2ccccc2-c2c(-c3ccc(C4=NC(c5ccc6ccccc6c5)CC(c5ccc6ccccc6c5)=N4)cc3)cccc21. The third-order valence-electron chi connectivity index (χ3n) is 12.5. The van der Waals surface area contributed by atoms with Gasteiger partial charge in [-0.15, -0.1) is 0 Å². The highest BCUT2D eigenvalue weighted by Gasteiger charge is 2.50. The van der Waals surface area contributed by atoms with Crippen LogP contribution in [0.2, 0.25) is 0 Å². The molecule has 1 aliphatic carbocycles. The molecular weight excluding hydrogens is 721 g/mol. The van der Waals surface area contributed by atoms with Gasteiger partial charge in [0.15, 0.2) is 5.84 Å². The number of rotatable bonds is 4. The number of amidine groups is 1. The van der Waals surface area contributed by atoms with E-state index in [1.807, 2.05) is 11.8 Å². The first-order valence-corrected chi connectivity index (χ1v) is 20.9. The molecule has 2 aliphatic heterocycles. The number of fused-ring (bicyclic) bond motifs is 11. The van der Waals surface area contributed by atoms with Crippen LogP contribution >= 0.6 is 11.8 Å². The zero-order chi connectivity index (χ0) is 38.2. The molecule has 0 amide bonds. The molecular formula is C55H36N2S. The van der Waals surface area contributed by atoms with Crippen LogP contribution in [-0.4, -0.2) is 11.5 Å². The molecule has 1 spiro atoms. The van der Waals surface area contributed by atoms with Crippen molar-refractivity contribution in [1.82, 2.24) is 0 Å². The van der Waals surface area contributed by atoms with Crippen molar-refractivity contribution >= 4 is 44.9 Å². The van der Waals surface area contributed by atoms with Gasteiger partial charge in [-0.25, -0.2) is 4.99 Å². The Morgan fingerprint density at radius 1 is 0.431 bits per heavy atom. The second-order valence-electron chi connectivity index (χ2n) is 15.6. The summed E-state index contributed by atoms with van der Waals surface area (Å²) in [7, 11) is 0. The van der Waals surface area contributed by atoms with E-state index in [0.717, 1.165) is 29.1 Å². The summed E-state index contributed by atoms with van der Waals surface area (Å²) in [4.78, 5) is 13.3. The minimum absolute atomic E-state index is 0.0530. The summed E-state index contributed by atoms with van der Waals surface area (Å²) in [6.07, 6.45) is 0.736. The summed E-state index contributed by atoms with van der Waals surface area (Å²) >= 11 is 1.88. The zero-order valence-corrected chi connectivity index (χ0v) is 32.5. The molecule has 3 aliphatic rings. The lowest BCUT2D eigenvalue weighted by atomic mass is 9.67. The Bertz CT molecular complexity index is 3150. The first kappa shape index (κ1) is 33.3. The van der Waals surface area contributed by atoms with Crippen LogP contribution in [0.25, 0.3) is 43.8 Å². The molecule has 0 saturated heterocycles. The largest absolute Gasteiger partial charge is 0.258 e. The van der Waals surface area contributed by atoms with Gasteiger partial charge < -0.3 is 0 Å². The standard InChI is InChI=1S/C55H36N2S/c1-3-14-39-32-41(30-24-35(39)12-1)49-34-50(42-31-25-36-13-2-4-15-40(36)33-42)57-54(56-49)38-28-26-37(27-29-38)43-17-11-21-48-53(43)44-16-5-6-18-45(44)55(48)46-19-7-9-22-51(46)58-52-23-10-8-20-47(52)55/h1-33,49H,34H2. The number of hydrogen-bond acceptors (Lipinski definition) is 3. The van der Waals surface area contributed by atoms with Gasteiger partial charge in [0.25, 0.3) is 0 Å². The molecule has 9 aromatic rings. The molecule has 0 radical (unpaired) electrons. The highest BCUT2D eigenvalue weighted by molar-refractivity contribution is 7.99. The fourth-order valence-electron chi connectivity index (χ4n) is 9.82. The minimum atomic E-state index is -0.400. The average molecular weight is 757 g/mol. The van der Waals surface area contributed by atoms with Crippen LogP contribution in [-0.2, 0) is 5.41 Å². The fraction of sp³-hybridized carbons (Fsp3) is 0.0545. The number of aliphatic imine (C=N–C) groups is 2. The Kier molecular flexibility index (Phi) is 7.55. The quantitative estimate of drug-likeness (QED) is 0.175. The van der Waals surface area contributed by atoms with E-state index >= 15 is 0 Å². The molecule has 1 atom stereocenters. The first-order valence-electron chi connectivity index (χ1n) is 20.1. The monoisotopic (exact) mass is 756 g/mol. The molecule has 2 heterocycles. The van der Waals surface area contributed by atoms with Crippen molar-refractivity contribution in [2.75, 3.05) is 0 Å². The van der Waals surface area contributed by atoms with E-state index in [9.17, 15) is 0 Å². The van der Waals surface area contributed by atoms with Gasteiger partial charge in [-0.05, 0) is 101 Å². The van der Waals surface area contributed by atoms with Gasteiger partial charge in [0, 0.05) is 21.8 Å². The van der Waals surface area contributed by atoms with E-state index in [1.165, 1.54) is 81.4 Å². The van der Waals surface area contributed by atoms with Gasteiger partial charge in [0.1, 0.15) is 0 Å². The van der Waals surface area contributed by atoms with Gasteiger partial charge in [-0.2, -0.15) is 0 Å². The molecule has 9 aromatic carbocycles. The molecule has 0 aromatic heterocycles. The van der Waals surface area contributed by atoms with Crippen LogP contribution < -0.4 is 0 Å². The topological polar surface area (TPSA) is 24.7 Å². The summed E-state index contributed by atoms with van der Waals surface area (Å²) in [5.41, 5.74) is 14.5. The maximum absolute atomic E-state index is 5.38. The second kappa shape index (κ2) is 13.1. The van der Waals surface area contributed by atoms with E-state index < -0.39 is 5.41 Å². The molecule has 58 heavy (non-hydrogen) atoms. The summed E-state index contributed by atoms with van der Waals surface area (Å²) in [6.45, 7) is 0. The lowest BCUT2D eigenvalue weighted by Gasteiger charge is -2.39. The number of hydrogen-bond donors (Lipinski definition) is 0. The Labute approximate surface area is 342 Å². The Balaban J connectivity index is 0.991. The van der Waals surface area contributed by atoms with Gasteiger partial charge in [0.2, 0.25) is 0 Å². The van der Waals surface area contributed by atoms with Crippen molar-refractivity contribution in [2.24, 2.45) is 9.98 Å². The van der Waals surface area contributed by atoms with Gasteiger partial charge >= 0.3 is 0 Å². The van der Waals surface area contributed by atoms with E-state index in [0.29, 0.717) is 0 Å². The molecule has 0 bridgehead atoms. The van der Waals surface area contributed by atoms with E-state index in [1.54, 1.807) is 0 Å². The van der Waals surface area contributed by atoms with Crippen LogP contribution in [0.4, 0.5) is 0 Å². The van der Waals surface area contributed by atoms with Gasteiger partial charge in [-0.1, -0.05) is 188 Å². The van der Waals surface area contributed by atoms with E-state index in [-0.39, 0.29) is 6.04 Å². The Hall–Kier alpha value is -6.81. The zero-order valence-electron chi connectivity index (χ0n) is 31.6. The molecule has 12 rings (SSSR count). The number of benzene rings is 9. The van der Waals surface area contributed by atoms with Crippen molar-refractivity contribution in [3.05, 3.63) is 239 Å². The fourth-order valence-corrected chi connectivity index (χ4v) is 11.0. The van der Waals surface area contributed by atoms with Crippen molar-refractivity contribution in [3.8, 4) is 22.3 Å². The summed E-state index contributed by atoms with van der Waals surface area (Å²) in [5.74, 6) is 0.773. The summed E-state index contributed by atoms with van der Waals surface area (Å²) in [5, 5.41) is 4.92. The van der Waals surface area contributed by atoms with Crippen molar-refractivity contribution in [1.29, 1.82) is 0 Å². The maximum atomic E-state index is 5.38. The first-order chi connectivity index (χ1) is 28.7. The van der Waals surface area contributed by atoms with Gasteiger partial charge in [0.05, 0.1) is 17.2 Å². The predicted molar refractivity (Wildman–Crippen MR) is 242 cm³/mol. The minimum Gasteiger partial charge on any atom is -0.258 e. The van der Waals surface area contributed by atoms with Crippen LogP contribution in [0.5, 0.6) is 0 Å². The normalized spacial score (nSPS) is 16.0. The van der Waals surface area contributed by atoms with Crippen LogP contribution in [0.3, 0.4) is 0 Å². The lowest BCUT2D eigenvalue weighted by Crippen LogP contribution is -2.31.